The minimum absolute atomic E-state index is 0.00859. The van der Waals surface area contributed by atoms with E-state index in [1.165, 1.54) is 0 Å². The second-order valence-electron chi connectivity index (χ2n) is 8.02. The highest BCUT2D eigenvalue weighted by Crippen LogP contribution is 2.23. The van der Waals surface area contributed by atoms with Crippen LogP contribution < -0.4 is 10.9 Å². The normalized spacial score (nSPS) is 11.3. The lowest BCUT2D eigenvalue weighted by Crippen LogP contribution is -2.20. The molecule has 0 spiro atoms. The fraction of sp³-hybridized carbons (Fsp3) is 0.304. The smallest absolute Gasteiger partial charge is 0.271 e. The number of hydrogen-bond acceptors (Lipinski definition) is 4. The van der Waals surface area contributed by atoms with Crippen molar-refractivity contribution in [1.29, 1.82) is 0 Å². The third-order valence-electron chi connectivity index (χ3n) is 4.64. The molecule has 6 heteroatoms. The van der Waals surface area contributed by atoms with Gasteiger partial charge in [-0.15, -0.1) is 0 Å². The van der Waals surface area contributed by atoms with Crippen molar-refractivity contribution in [1.82, 2.24) is 15.0 Å². The zero-order valence-corrected chi connectivity index (χ0v) is 17.2. The number of anilines is 1. The molecule has 6 nitrogen and oxygen atoms in total. The molecule has 3 aromatic rings. The number of amides is 1. The van der Waals surface area contributed by atoms with Crippen molar-refractivity contribution in [2.75, 3.05) is 5.32 Å². The van der Waals surface area contributed by atoms with Gasteiger partial charge in [0.2, 0.25) is 0 Å². The van der Waals surface area contributed by atoms with Gasteiger partial charge in [0, 0.05) is 29.9 Å². The Morgan fingerprint density at radius 2 is 1.86 bits per heavy atom. The van der Waals surface area contributed by atoms with E-state index in [4.69, 9.17) is 0 Å². The molecule has 0 aliphatic heterocycles. The summed E-state index contributed by atoms with van der Waals surface area (Å²) < 4.78 is 0. The van der Waals surface area contributed by atoms with Gasteiger partial charge in [-0.2, -0.15) is 0 Å². The Morgan fingerprint density at radius 1 is 1.14 bits per heavy atom. The number of hydrogen-bond donors (Lipinski definition) is 2. The number of aromatic amines is 1. The van der Waals surface area contributed by atoms with Crippen molar-refractivity contribution < 1.29 is 4.79 Å². The Morgan fingerprint density at radius 3 is 2.52 bits per heavy atom. The number of benzene rings is 1. The second-order valence-corrected chi connectivity index (χ2v) is 8.02. The van der Waals surface area contributed by atoms with Gasteiger partial charge in [0.1, 0.15) is 11.5 Å². The number of aromatic nitrogens is 3. The van der Waals surface area contributed by atoms with E-state index in [1.54, 1.807) is 36.7 Å². The predicted octanol–water partition coefficient (Wildman–Crippen LogP) is 4.33. The molecule has 0 saturated carbocycles. The molecule has 1 amide bonds. The molecule has 0 unspecified atom stereocenters. The van der Waals surface area contributed by atoms with Gasteiger partial charge >= 0.3 is 0 Å². The number of nitrogens with one attached hydrogen (secondary N) is 2. The van der Waals surface area contributed by atoms with Crippen molar-refractivity contribution in [3.8, 4) is 11.3 Å². The van der Waals surface area contributed by atoms with Gasteiger partial charge in [-0.25, -0.2) is 9.97 Å². The molecule has 0 fully saturated rings. The quantitative estimate of drug-likeness (QED) is 0.678. The van der Waals surface area contributed by atoms with Gasteiger partial charge in [0.15, 0.2) is 0 Å². The van der Waals surface area contributed by atoms with E-state index < -0.39 is 0 Å². The summed E-state index contributed by atoms with van der Waals surface area (Å²) in [6.07, 6.45) is 5.03. The molecule has 0 radical (unpaired) electrons. The molecule has 0 atom stereocenters. The maximum Gasteiger partial charge on any atom is 0.271 e. The van der Waals surface area contributed by atoms with E-state index >= 15 is 0 Å². The van der Waals surface area contributed by atoms with E-state index in [0.29, 0.717) is 16.8 Å². The van der Waals surface area contributed by atoms with Gasteiger partial charge in [-0.3, -0.25) is 9.59 Å². The summed E-state index contributed by atoms with van der Waals surface area (Å²) >= 11 is 0. The minimum Gasteiger partial charge on any atom is -0.327 e. The van der Waals surface area contributed by atoms with Crippen LogP contribution in [0.15, 0.2) is 53.6 Å². The zero-order valence-electron chi connectivity index (χ0n) is 17.2. The number of carbonyl (C=O) groups excluding carboxylic acids is 1. The predicted molar refractivity (Wildman–Crippen MR) is 115 cm³/mol. The number of nitrogens with zero attached hydrogens (tertiary/aromatic N) is 2. The Balaban J connectivity index is 1.84. The van der Waals surface area contributed by atoms with Crippen LogP contribution in [0.3, 0.4) is 0 Å². The number of rotatable bonds is 5. The number of aryl methyl sites for hydroxylation is 1. The van der Waals surface area contributed by atoms with Crippen LogP contribution in [0.1, 0.15) is 55.9 Å². The Bertz CT molecular complexity index is 1060. The minimum atomic E-state index is -0.365. The van der Waals surface area contributed by atoms with Gasteiger partial charge in [-0.05, 0) is 41.7 Å². The SMILES string of the molecule is CCCc1nccc(-c2c[nH]c(=O)c(NC(=O)c3ccc(C(C)(C)C)cc3)c2)n1. The molecule has 3 rings (SSSR count). The van der Waals surface area contributed by atoms with Crippen LogP contribution >= 0.6 is 0 Å². The molecule has 0 saturated heterocycles. The summed E-state index contributed by atoms with van der Waals surface area (Å²) in [5.74, 6) is 0.420. The number of H-pyrrole nitrogens is 1. The maximum absolute atomic E-state index is 12.6. The highest BCUT2D eigenvalue weighted by Gasteiger charge is 2.15. The summed E-state index contributed by atoms with van der Waals surface area (Å²) in [6.45, 7) is 8.42. The van der Waals surface area contributed by atoms with Crippen molar-refractivity contribution >= 4 is 11.6 Å². The van der Waals surface area contributed by atoms with Crippen molar-refractivity contribution in [2.45, 2.75) is 46.0 Å². The molecule has 2 N–H and O–H groups in total. The van der Waals surface area contributed by atoms with Crippen molar-refractivity contribution in [2.24, 2.45) is 0 Å². The Labute approximate surface area is 170 Å². The average Bonchev–Trinajstić information content (AvgIpc) is 2.69. The number of carbonyl (C=O) groups is 1. The van der Waals surface area contributed by atoms with Gasteiger partial charge in [0.25, 0.3) is 11.5 Å². The molecular weight excluding hydrogens is 364 g/mol. The van der Waals surface area contributed by atoms with Gasteiger partial charge < -0.3 is 10.3 Å². The van der Waals surface area contributed by atoms with E-state index in [1.807, 2.05) is 12.1 Å². The van der Waals surface area contributed by atoms with E-state index in [2.05, 4.69) is 48.0 Å². The molecule has 2 heterocycles. The summed E-state index contributed by atoms with van der Waals surface area (Å²) in [6, 6.07) is 10.8. The van der Waals surface area contributed by atoms with Crippen LogP contribution in [0.2, 0.25) is 0 Å². The van der Waals surface area contributed by atoms with Crippen LogP contribution in [0.4, 0.5) is 5.69 Å². The van der Waals surface area contributed by atoms with Crippen molar-refractivity contribution in [3.05, 3.63) is 76.1 Å². The lowest BCUT2D eigenvalue weighted by Gasteiger charge is -2.19. The largest absolute Gasteiger partial charge is 0.327 e. The lowest BCUT2D eigenvalue weighted by atomic mass is 9.87. The molecule has 2 aromatic heterocycles. The molecule has 29 heavy (non-hydrogen) atoms. The Kier molecular flexibility index (Phi) is 5.92. The first-order valence-electron chi connectivity index (χ1n) is 9.75. The topological polar surface area (TPSA) is 87.7 Å². The monoisotopic (exact) mass is 390 g/mol. The fourth-order valence-electron chi connectivity index (χ4n) is 2.94. The van der Waals surface area contributed by atoms with Crippen LogP contribution in [0, 0.1) is 0 Å². The molecule has 0 aliphatic carbocycles. The molecular formula is C23H26N4O2. The van der Waals surface area contributed by atoms with E-state index in [9.17, 15) is 9.59 Å². The summed E-state index contributed by atoms with van der Waals surface area (Å²) in [7, 11) is 0. The zero-order chi connectivity index (χ0) is 21.0. The first kappa shape index (κ1) is 20.5. The molecule has 0 bridgehead atoms. The third-order valence-corrected chi connectivity index (χ3v) is 4.64. The summed E-state index contributed by atoms with van der Waals surface area (Å²) in [5, 5.41) is 2.71. The first-order valence-corrected chi connectivity index (χ1v) is 9.75. The fourth-order valence-corrected chi connectivity index (χ4v) is 2.94. The van der Waals surface area contributed by atoms with Crippen LogP contribution in [0.5, 0.6) is 0 Å². The first-order chi connectivity index (χ1) is 13.8. The van der Waals surface area contributed by atoms with Crippen molar-refractivity contribution in [3.63, 3.8) is 0 Å². The highest BCUT2D eigenvalue weighted by atomic mass is 16.2. The standard InChI is InChI=1S/C23H26N4O2/c1-5-6-20-24-12-11-18(26-20)16-13-19(22(29)25-14-16)27-21(28)15-7-9-17(10-8-15)23(2,3)4/h7-14H,5-6H2,1-4H3,(H,25,29)(H,27,28). The third kappa shape index (κ3) is 4.96. The highest BCUT2D eigenvalue weighted by molar-refractivity contribution is 6.04. The van der Waals surface area contributed by atoms with Crippen LogP contribution in [-0.4, -0.2) is 20.9 Å². The molecule has 150 valence electrons. The summed E-state index contributed by atoms with van der Waals surface area (Å²) in [4.78, 5) is 36.3. The Hall–Kier alpha value is -3.28. The van der Waals surface area contributed by atoms with Gasteiger partial charge in [0.05, 0.1) is 5.69 Å². The molecule has 0 aliphatic rings. The molecule has 1 aromatic carbocycles. The second kappa shape index (κ2) is 8.39. The van der Waals surface area contributed by atoms with E-state index in [0.717, 1.165) is 24.2 Å². The average molecular weight is 390 g/mol. The maximum atomic E-state index is 12.6. The van der Waals surface area contributed by atoms with Gasteiger partial charge in [-0.1, -0.05) is 39.8 Å². The van der Waals surface area contributed by atoms with Crippen LogP contribution in [0.25, 0.3) is 11.3 Å². The van der Waals surface area contributed by atoms with Crippen LogP contribution in [-0.2, 0) is 11.8 Å². The number of pyridine rings is 1. The summed E-state index contributed by atoms with van der Waals surface area (Å²) in [5.41, 5.74) is 2.87. The van der Waals surface area contributed by atoms with E-state index in [-0.39, 0.29) is 22.6 Å². The lowest BCUT2D eigenvalue weighted by molar-refractivity contribution is 0.102.